The van der Waals surface area contributed by atoms with E-state index in [1.54, 1.807) is 0 Å². The first-order chi connectivity index (χ1) is 27.8. The van der Waals surface area contributed by atoms with Crippen molar-refractivity contribution >= 4 is 19.7 Å². The van der Waals surface area contributed by atoms with E-state index in [1.165, 1.54) is 193 Å². The Bertz CT molecular complexity index is 907. The largest absolute Gasteiger partial charge is 0.472 e. The van der Waals surface area contributed by atoms with Crippen LogP contribution in [-0.4, -0.2) is 54.3 Å². The van der Waals surface area contributed by atoms with Crippen molar-refractivity contribution in [1.29, 1.82) is 0 Å². The quantitative estimate of drug-likeness (QED) is 0.0314. The Labute approximate surface area is 352 Å². The van der Waals surface area contributed by atoms with Crippen molar-refractivity contribution < 1.29 is 37.9 Å². The lowest BCUT2D eigenvalue weighted by atomic mass is 10.0. The molecule has 10 heteroatoms. The molecule has 0 aromatic carbocycles. The Balaban J connectivity index is 3.52. The van der Waals surface area contributed by atoms with Gasteiger partial charge in [-0.1, -0.05) is 232 Å². The molecule has 0 aliphatic rings. The monoisotopic (exact) mass is 832 g/mol. The lowest BCUT2D eigenvalue weighted by Crippen LogP contribution is -2.27. The molecule has 2 atom stereocenters. The summed E-state index contributed by atoms with van der Waals surface area (Å²) in [5.41, 5.74) is 0. The van der Waals surface area contributed by atoms with Gasteiger partial charge in [0.25, 0.3) is 0 Å². The maximum Gasteiger partial charge on any atom is 0.472 e. The number of carbonyl (C=O) groups is 2. The molecule has 0 saturated heterocycles. The highest BCUT2D eigenvalue weighted by Crippen LogP contribution is 2.42. The van der Waals surface area contributed by atoms with Crippen LogP contribution >= 0.6 is 7.82 Å². The molecule has 0 bridgehead atoms. The fraction of sp³-hybridized carbons (Fsp3) is 0.957. The van der Waals surface area contributed by atoms with Crippen LogP contribution in [0.4, 0.5) is 0 Å². The topological polar surface area (TPSA) is 131 Å². The molecule has 1 amide bonds. The molecule has 0 aromatic heterocycles. The van der Waals surface area contributed by atoms with E-state index >= 15 is 0 Å². The molecule has 57 heavy (non-hydrogen) atoms. The number of carbonyl (C=O) groups excluding carboxylic acids is 2. The summed E-state index contributed by atoms with van der Waals surface area (Å²) >= 11 is 0. The van der Waals surface area contributed by atoms with E-state index < -0.39 is 26.5 Å². The number of phosphoric acid groups is 1. The average Bonchev–Trinajstić information content (AvgIpc) is 3.20. The molecule has 0 aliphatic carbocycles. The van der Waals surface area contributed by atoms with Crippen molar-refractivity contribution in [3.63, 3.8) is 0 Å². The van der Waals surface area contributed by atoms with Crippen LogP contribution in [0.5, 0.6) is 0 Å². The molecule has 0 rings (SSSR count). The molecule has 3 N–H and O–H groups in total. The third-order valence-electron chi connectivity index (χ3n) is 11.0. The molecule has 0 fully saturated rings. The van der Waals surface area contributed by atoms with Gasteiger partial charge in [0, 0.05) is 19.4 Å². The smallest absolute Gasteiger partial charge is 0.463 e. The van der Waals surface area contributed by atoms with Crippen molar-refractivity contribution in [2.45, 2.75) is 264 Å². The fourth-order valence-electron chi connectivity index (χ4n) is 7.32. The summed E-state index contributed by atoms with van der Waals surface area (Å²) in [6, 6.07) is 0. The van der Waals surface area contributed by atoms with Crippen LogP contribution in [0, 0.1) is 0 Å². The van der Waals surface area contributed by atoms with Crippen LogP contribution in [-0.2, 0) is 27.9 Å². The number of hydrogen-bond acceptors (Lipinski definition) is 7. The predicted molar refractivity (Wildman–Crippen MR) is 238 cm³/mol. The number of unbranched alkanes of at least 4 members (excludes halogenated alkanes) is 34. The molecule has 2 unspecified atom stereocenters. The van der Waals surface area contributed by atoms with Gasteiger partial charge in [-0.15, -0.1) is 0 Å². The highest BCUT2D eigenvalue weighted by Gasteiger charge is 2.23. The molecule has 0 saturated carbocycles. The molecule has 0 radical (unpaired) electrons. The zero-order valence-electron chi connectivity index (χ0n) is 37.6. The molecule has 0 heterocycles. The molecule has 0 aliphatic heterocycles. The summed E-state index contributed by atoms with van der Waals surface area (Å²) in [4.78, 5) is 34.0. The zero-order valence-corrected chi connectivity index (χ0v) is 38.5. The van der Waals surface area contributed by atoms with Gasteiger partial charge in [0.2, 0.25) is 5.91 Å². The second-order valence-corrected chi connectivity index (χ2v) is 18.3. The first kappa shape index (κ1) is 56.0. The SMILES string of the molecule is CCCCCCCCCCCCCCCCCCCCC(=O)NCCOP(=O)(O)OCC(O)COC(=O)CCCCCCCCCCCCCCCCCCCC. The Kier molecular flexibility index (Phi) is 43.8. The van der Waals surface area contributed by atoms with E-state index in [2.05, 4.69) is 19.2 Å². The van der Waals surface area contributed by atoms with Crippen molar-refractivity contribution in [3.8, 4) is 0 Å². The van der Waals surface area contributed by atoms with Crippen LogP contribution in [0.25, 0.3) is 0 Å². The fourth-order valence-corrected chi connectivity index (χ4v) is 8.08. The normalized spacial score (nSPS) is 13.1. The van der Waals surface area contributed by atoms with Gasteiger partial charge >= 0.3 is 13.8 Å². The minimum absolute atomic E-state index is 0.0887. The minimum Gasteiger partial charge on any atom is -0.463 e. The Morgan fingerprint density at radius 2 is 0.789 bits per heavy atom. The zero-order chi connectivity index (χ0) is 41.8. The number of aliphatic hydroxyl groups is 1. The van der Waals surface area contributed by atoms with Crippen LogP contribution in [0.3, 0.4) is 0 Å². The van der Waals surface area contributed by atoms with Gasteiger partial charge in [0.15, 0.2) is 0 Å². The Morgan fingerprint density at radius 3 is 1.14 bits per heavy atom. The van der Waals surface area contributed by atoms with Gasteiger partial charge < -0.3 is 20.1 Å². The van der Waals surface area contributed by atoms with Gasteiger partial charge in [0.1, 0.15) is 12.7 Å². The number of phosphoric ester groups is 1. The maximum absolute atomic E-state index is 12.1. The predicted octanol–water partition coefficient (Wildman–Crippen LogP) is 14.0. The number of ether oxygens (including phenoxy) is 1. The first-order valence-electron chi connectivity index (χ1n) is 24.5. The Hall–Kier alpha value is -0.990. The number of esters is 1. The summed E-state index contributed by atoms with van der Waals surface area (Å²) in [5, 5.41) is 12.7. The van der Waals surface area contributed by atoms with E-state index in [0.29, 0.717) is 12.8 Å². The van der Waals surface area contributed by atoms with Crippen LogP contribution in [0.2, 0.25) is 0 Å². The summed E-state index contributed by atoms with van der Waals surface area (Å²) in [5.74, 6) is -0.499. The molecule has 340 valence electrons. The molecular formula is C47H94NO8P. The second-order valence-electron chi connectivity index (χ2n) is 16.8. The van der Waals surface area contributed by atoms with Crippen molar-refractivity contribution in [1.82, 2.24) is 5.32 Å². The van der Waals surface area contributed by atoms with Gasteiger partial charge in [0.05, 0.1) is 13.2 Å². The second kappa shape index (κ2) is 44.6. The van der Waals surface area contributed by atoms with Crippen LogP contribution < -0.4 is 5.32 Å². The number of rotatable bonds is 47. The minimum atomic E-state index is -4.41. The maximum atomic E-state index is 12.1. The highest BCUT2D eigenvalue weighted by atomic mass is 31.2. The van der Waals surface area contributed by atoms with Crippen LogP contribution in [0.15, 0.2) is 0 Å². The summed E-state index contributed by atoms with van der Waals surface area (Å²) in [7, 11) is -4.41. The lowest BCUT2D eigenvalue weighted by Gasteiger charge is -2.15. The Morgan fingerprint density at radius 1 is 0.474 bits per heavy atom. The van der Waals surface area contributed by atoms with Crippen LogP contribution in [0.1, 0.15) is 258 Å². The molecule has 0 aromatic rings. The van der Waals surface area contributed by atoms with E-state index in [1.807, 2.05) is 0 Å². The van der Waals surface area contributed by atoms with E-state index in [4.69, 9.17) is 13.8 Å². The summed E-state index contributed by atoms with van der Waals surface area (Å²) in [6.07, 6.45) is 46.1. The number of aliphatic hydroxyl groups excluding tert-OH is 1. The number of amides is 1. The highest BCUT2D eigenvalue weighted by molar-refractivity contribution is 7.47. The summed E-state index contributed by atoms with van der Waals surface area (Å²) in [6.45, 7) is 3.62. The van der Waals surface area contributed by atoms with Crippen molar-refractivity contribution in [2.24, 2.45) is 0 Å². The first-order valence-corrected chi connectivity index (χ1v) is 26.0. The van der Waals surface area contributed by atoms with Gasteiger partial charge in [-0.3, -0.25) is 18.6 Å². The molecule has 9 nitrogen and oxygen atoms in total. The van der Waals surface area contributed by atoms with Crippen molar-refractivity contribution in [3.05, 3.63) is 0 Å². The third kappa shape index (κ3) is 45.9. The number of hydrogen-bond donors (Lipinski definition) is 3. The lowest BCUT2D eigenvalue weighted by molar-refractivity contribution is -0.147. The van der Waals surface area contributed by atoms with Gasteiger partial charge in [-0.05, 0) is 12.8 Å². The number of nitrogens with one attached hydrogen (secondary N) is 1. The van der Waals surface area contributed by atoms with Gasteiger partial charge in [-0.2, -0.15) is 0 Å². The third-order valence-corrected chi connectivity index (χ3v) is 12.0. The molecule has 0 spiro atoms. The van der Waals surface area contributed by atoms with Crippen molar-refractivity contribution in [2.75, 3.05) is 26.4 Å². The van der Waals surface area contributed by atoms with Gasteiger partial charge in [-0.25, -0.2) is 4.57 Å². The molecular weight excluding hydrogens is 737 g/mol. The average molecular weight is 832 g/mol. The van der Waals surface area contributed by atoms with E-state index in [-0.39, 0.29) is 25.7 Å². The summed E-state index contributed by atoms with van der Waals surface area (Å²) < 4.78 is 27.0. The standard InChI is InChI=1S/C47H94NO8P/c1-3-5-7-9-11-13-15-17-19-21-23-25-27-29-31-33-35-37-39-46(50)48-41-42-55-57(52,53)56-44-45(49)43-54-47(51)40-38-36-34-32-30-28-26-24-22-20-18-16-14-12-10-8-6-4-2/h45,49H,3-44H2,1-2H3,(H,48,50)(H,52,53). The van der Waals surface area contributed by atoms with E-state index in [9.17, 15) is 24.2 Å². The van der Waals surface area contributed by atoms with E-state index in [0.717, 1.165) is 38.5 Å².